The van der Waals surface area contributed by atoms with Crippen LogP contribution in [0.3, 0.4) is 0 Å². The minimum atomic E-state index is -3.96. The molecule has 2 atom stereocenters. The molecule has 1 heterocycles. The molecule has 0 aromatic heterocycles. The largest absolute Gasteiger partial charge is 0.388 e. The number of halogens is 3. The zero-order valence-corrected chi connectivity index (χ0v) is 13.8. The van der Waals surface area contributed by atoms with Crippen LogP contribution in [0, 0.1) is 0 Å². The molecule has 0 aromatic rings. The van der Waals surface area contributed by atoms with E-state index in [9.17, 15) is 13.2 Å². The Morgan fingerprint density at radius 3 is 1.63 bits per heavy atom. The summed E-state index contributed by atoms with van der Waals surface area (Å²) in [5, 5.41) is 3.55. The molecule has 1 saturated heterocycles. The second-order valence-corrected chi connectivity index (χ2v) is 4.10. The zero-order chi connectivity index (χ0) is 15.9. The van der Waals surface area contributed by atoms with E-state index in [1.54, 1.807) is 0 Å². The molecular weight excluding hydrogens is 251 g/mol. The highest BCUT2D eigenvalue weighted by atomic mass is 19.4. The summed E-state index contributed by atoms with van der Waals surface area (Å²) in [6.45, 7) is 13.6. The van der Waals surface area contributed by atoms with Gasteiger partial charge >= 0.3 is 6.18 Å². The van der Waals surface area contributed by atoms with Crippen molar-refractivity contribution in [1.82, 2.24) is 5.32 Å². The van der Waals surface area contributed by atoms with Gasteiger partial charge in [-0.05, 0) is 26.2 Å². The third-order valence-electron chi connectivity index (χ3n) is 2.51. The fourth-order valence-electron chi connectivity index (χ4n) is 1.60. The predicted octanol–water partition coefficient (Wildman–Crippen LogP) is 5.94. The van der Waals surface area contributed by atoms with Gasteiger partial charge in [-0.25, -0.2) is 0 Å². The maximum atomic E-state index is 10.8. The molecule has 19 heavy (non-hydrogen) atoms. The van der Waals surface area contributed by atoms with Crippen LogP contribution in [0.25, 0.3) is 0 Å². The zero-order valence-electron chi connectivity index (χ0n) is 13.8. The van der Waals surface area contributed by atoms with E-state index >= 15 is 0 Å². The molecule has 1 nitrogen and oxygen atoms in total. The normalized spacial score (nSPS) is 21.2. The van der Waals surface area contributed by atoms with Gasteiger partial charge in [-0.15, -0.1) is 0 Å². The highest BCUT2D eigenvalue weighted by Crippen LogP contribution is 2.17. The average Bonchev–Trinajstić information content (AvgIpc) is 2.80. The first-order chi connectivity index (χ1) is 8.89. The molecule has 0 aromatic carbocycles. The molecule has 4 heteroatoms. The Bertz CT molecular complexity index is 156. The molecule has 120 valence electrons. The monoisotopic (exact) mass is 285 g/mol. The van der Waals surface area contributed by atoms with Crippen molar-refractivity contribution in [3.05, 3.63) is 0 Å². The van der Waals surface area contributed by atoms with Crippen LogP contribution in [-0.2, 0) is 0 Å². The molecule has 1 N–H and O–H groups in total. The van der Waals surface area contributed by atoms with Gasteiger partial charge in [0.2, 0.25) is 0 Å². The van der Waals surface area contributed by atoms with Gasteiger partial charge in [0, 0.05) is 18.5 Å². The predicted molar refractivity (Wildman–Crippen MR) is 79.6 cm³/mol. The fraction of sp³-hybridized carbons (Fsp3) is 1.00. The molecule has 0 bridgehead atoms. The van der Waals surface area contributed by atoms with Gasteiger partial charge in [0.15, 0.2) is 0 Å². The molecule has 1 fully saturated rings. The minimum Gasteiger partial charge on any atom is -0.312 e. The van der Waals surface area contributed by atoms with Crippen LogP contribution >= 0.6 is 0 Å². The number of rotatable bonds is 2. The van der Waals surface area contributed by atoms with Crippen LogP contribution in [-0.4, -0.2) is 18.3 Å². The fourth-order valence-corrected chi connectivity index (χ4v) is 1.60. The minimum absolute atomic E-state index is 0.729. The van der Waals surface area contributed by atoms with Crippen molar-refractivity contribution in [2.45, 2.75) is 98.8 Å². The van der Waals surface area contributed by atoms with Gasteiger partial charge in [0.1, 0.15) is 0 Å². The summed E-state index contributed by atoms with van der Waals surface area (Å²) in [6, 6.07) is 1.62. The number of nitrogens with one attached hydrogen (secondary N) is 1. The Morgan fingerprint density at radius 1 is 1.00 bits per heavy atom. The molecular formula is C15H34F3N. The summed E-state index contributed by atoms with van der Waals surface area (Å²) in [5.74, 6) is 0. The van der Waals surface area contributed by atoms with Gasteiger partial charge in [-0.3, -0.25) is 0 Å². The van der Waals surface area contributed by atoms with Crippen molar-refractivity contribution >= 4 is 0 Å². The van der Waals surface area contributed by atoms with E-state index < -0.39 is 12.6 Å². The smallest absolute Gasteiger partial charge is 0.312 e. The molecule has 1 aliphatic rings. The summed E-state index contributed by atoms with van der Waals surface area (Å²) in [7, 11) is 0. The summed E-state index contributed by atoms with van der Waals surface area (Å²) >= 11 is 0. The van der Waals surface area contributed by atoms with E-state index in [4.69, 9.17) is 0 Å². The lowest BCUT2D eigenvalue weighted by atomic mass is 10.1. The first-order valence-electron chi connectivity index (χ1n) is 7.71. The van der Waals surface area contributed by atoms with Crippen molar-refractivity contribution < 1.29 is 13.2 Å². The number of alkyl halides is 3. The highest BCUT2D eigenvalue weighted by Gasteiger charge is 2.22. The Labute approximate surface area is 118 Å². The molecule has 2 unspecified atom stereocenters. The second kappa shape index (κ2) is 15.8. The molecule has 0 spiro atoms. The maximum Gasteiger partial charge on any atom is 0.388 e. The van der Waals surface area contributed by atoms with E-state index in [0.717, 1.165) is 19.0 Å². The summed E-state index contributed by atoms with van der Waals surface area (Å²) in [5.41, 5.74) is 0. The third-order valence-corrected chi connectivity index (χ3v) is 2.51. The highest BCUT2D eigenvalue weighted by molar-refractivity contribution is 4.79. The van der Waals surface area contributed by atoms with Crippen molar-refractivity contribution in [1.29, 1.82) is 0 Å². The van der Waals surface area contributed by atoms with Crippen molar-refractivity contribution in [2.75, 3.05) is 0 Å². The van der Waals surface area contributed by atoms with E-state index in [0.29, 0.717) is 0 Å². The summed E-state index contributed by atoms with van der Waals surface area (Å²) in [6.07, 6.45) is 0.779. The summed E-state index contributed by atoms with van der Waals surface area (Å²) < 4.78 is 32.4. The first-order valence-corrected chi connectivity index (χ1v) is 7.71. The quantitative estimate of drug-likeness (QED) is 0.662. The van der Waals surface area contributed by atoms with Crippen molar-refractivity contribution in [3.63, 3.8) is 0 Å². The first kappa shape index (κ1) is 23.8. The lowest BCUT2D eigenvalue weighted by Crippen LogP contribution is -2.26. The van der Waals surface area contributed by atoms with E-state index in [1.165, 1.54) is 25.7 Å². The molecule has 1 aliphatic heterocycles. The van der Waals surface area contributed by atoms with Crippen LogP contribution < -0.4 is 5.32 Å². The molecule has 1 rings (SSSR count). The van der Waals surface area contributed by atoms with Crippen LogP contribution in [0.5, 0.6) is 0 Å². The van der Waals surface area contributed by atoms with E-state index in [-0.39, 0.29) is 0 Å². The Hall–Kier alpha value is -0.250. The lowest BCUT2D eigenvalue weighted by molar-refractivity contribution is -0.130. The molecule has 0 radical (unpaired) electrons. The molecule has 0 aliphatic carbocycles. The third kappa shape index (κ3) is 20.2. The number of hydrogen-bond donors (Lipinski definition) is 1. The maximum absolute atomic E-state index is 10.8. The van der Waals surface area contributed by atoms with Crippen molar-refractivity contribution in [2.24, 2.45) is 0 Å². The van der Waals surface area contributed by atoms with Crippen molar-refractivity contribution in [3.8, 4) is 0 Å². The van der Waals surface area contributed by atoms with Crippen LogP contribution in [0.1, 0.15) is 80.6 Å². The average molecular weight is 285 g/mol. The van der Waals surface area contributed by atoms with Crippen LogP contribution in [0.15, 0.2) is 0 Å². The molecule has 0 amide bonds. The number of hydrogen-bond acceptors (Lipinski definition) is 1. The van der Waals surface area contributed by atoms with E-state index in [2.05, 4.69) is 19.2 Å². The van der Waals surface area contributed by atoms with Gasteiger partial charge in [0.05, 0.1) is 0 Å². The van der Waals surface area contributed by atoms with Gasteiger partial charge in [-0.1, -0.05) is 48.0 Å². The summed E-state index contributed by atoms with van der Waals surface area (Å²) in [4.78, 5) is 0. The van der Waals surface area contributed by atoms with Gasteiger partial charge in [-0.2, -0.15) is 13.2 Å². The van der Waals surface area contributed by atoms with Gasteiger partial charge in [0.25, 0.3) is 0 Å². The Morgan fingerprint density at radius 2 is 1.42 bits per heavy atom. The van der Waals surface area contributed by atoms with Crippen LogP contribution in [0.2, 0.25) is 0 Å². The Kier molecular flexibility index (Phi) is 19.8. The Balaban J connectivity index is -0.000000224. The molecule has 0 saturated carbocycles. The SMILES string of the molecule is CC.CC.CCC(F)(F)F.CCCC1CCC(C)N1. The standard InChI is InChI=1S/C8H17N.C3H5F3.2C2H6/c1-3-4-8-6-5-7(2)9-8;1-2-3(4,5)6;2*1-2/h7-9H,3-6H2,1-2H3;2H2,1H3;2*1-2H3. The lowest BCUT2D eigenvalue weighted by Gasteiger charge is -2.08. The van der Waals surface area contributed by atoms with Gasteiger partial charge < -0.3 is 5.32 Å². The van der Waals surface area contributed by atoms with Crippen LogP contribution in [0.4, 0.5) is 13.2 Å². The second-order valence-electron chi connectivity index (χ2n) is 4.10. The van der Waals surface area contributed by atoms with E-state index in [1.807, 2.05) is 27.7 Å². The topological polar surface area (TPSA) is 12.0 Å².